The number of rotatable bonds is 9. The lowest BCUT2D eigenvalue weighted by Gasteiger charge is -2.17. The number of thiophene rings is 1. The fourth-order valence-corrected chi connectivity index (χ4v) is 5.46. The summed E-state index contributed by atoms with van der Waals surface area (Å²) in [6.45, 7) is 0.686. The number of nitrogens with two attached hydrogens (primary N) is 1. The molecule has 0 fully saturated rings. The molecule has 0 spiro atoms. The van der Waals surface area contributed by atoms with Gasteiger partial charge in [0.1, 0.15) is 28.3 Å². The van der Waals surface area contributed by atoms with Crippen molar-refractivity contribution in [1.82, 2.24) is 9.71 Å². The fraction of sp³-hybridized carbons (Fsp3) is 0.176. The first-order valence-corrected chi connectivity index (χ1v) is 12.0. The minimum Gasteiger partial charge on any atom is -0.492 e. The van der Waals surface area contributed by atoms with Gasteiger partial charge in [-0.2, -0.15) is 9.98 Å². The fourth-order valence-electron chi connectivity index (χ4n) is 2.48. The van der Waals surface area contributed by atoms with Crippen molar-refractivity contribution in [2.45, 2.75) is 10.4 Å². The van der Waals surface area contributed by atoms with E-state index in [0.29, 0.717) is 29.0 Å². The molecule has 3 rings (SSSR count). The first-order valence-electron chi connectivity index (χ1n) is 8.47. The van der Waals surface area contributed by atoms with Crippen molar-refractivity contribution in [1.29, 1.82) is 5.26 Å². The normalized spacial score (nSPS) is 13.6. The van der Waals surface area contributed by atoms with Gasteiger partial charge in [0.2, 0.25) is 0 Å². The van der Waals surface area contributed by atoms with Crippen LogP contribution >= 0.6 is 19.6 Å². The van der Waals surface area contributed by atoms with Crippen LogP contribution in [0.1, 0.15) is 17.5 Å². The summed E-state index contributed by atoms with van der Waals surface area (Å²) in [5.74, 6) is 0.561. The topological polar surface area (TPSA) is 165 Å². The van der Waals surface area contributed by atoms with Crippen LogP contribution in [0.4, 0.5) is 0 Å². The van der Waals surface area contributed by atoms with E-state index in [-0.39, 0.29) is 15.5 Å². The quantitative estimate of drug-likeness (QED) is 0.314. The number of fused-ring (bicyclic) bond motifs is 1. The van der Waals surface area contributed by atoms with Gasteiger partial charge in [-0.1, -0.05) is 6.07 Å². The summed E-state index contributed by atoms with van der Waals surface area (Å²) < 4.78 is 50.2. The molecule has 30 heavy (non-hydrogen) atoms. The van der Waals surface area contributed by atoms with Crippen molar-refractivity contribution < 1.29 is 27.1 Å². The van der Waals surface area contributed by atoms with E-state index in [2.05, 4.69) is 9.71 Å². The third-order valence-corrected chi connectivity index (χ3v) is 7.23. The van der Waals surface area contributed by atoms with E-state index >= 15 is 0 Å². The second-order valence-electron chi connectivity index (χ2n) is 5.88. The molecule has 2 atom stereocenters. The highest BCUT2D eigenvalue weighted by molar-refractivity contribution is 7.91. The van der Waals surface area contributed by atoms with Crippen molar-refractivity contribution in [2.24, 2.45) is 5.73 Å². The van der Waals surface area contributed by atoms with Gasteiger partial charge in [0.05, 0.1) is 0 Å². The minimum atomic E-state index is -4.10. The Labute approximate surface area is 176 Å². The number of aromatic nitrogens is 1. The van der Waals surface area contributed by atoms with Crippen LogP contribution in [0, 0.1) is 11.3 Å². The average Bonchev–Trinajstić information content (AvgIpc) is 3.16. The van der Waals surface area contributed by atoms with Crippen molar-refractivity contribution in [3.8, 4) is 11.8 Å². The molecule has 0 saturated heterocycles. The molecule has 4 N–H and O–H groups in total. The van der Waals surface area contributed by atoms with Gasteiger partial charge in [-0.05, 0) is 35.7 Å². The number of pyridine rings is 1. The Hall–Kier alpha value is -2.36. The first-order chi connectivity index (χ1) is 14.3. The molecule has 0 aliphatic carbocycles. The standard InChI is InChI=1S/C17H17N4O6PS2/c18-5-6-26-14-3-4-15-12(7-14)8-16(29-15)30(24,25)21-17(27-28(22)23)11-1-2-13(9-19)20-10-11/h1-4,7-8,10,17,21,28H,5-6,18H2,(H,22,23). The minimum absolute atomic E-state index is 0.0127. The van der Waals surface area contributed by atoms with Gasteiger partial charge in [0, 0.05) is 23.0 Å². The Bertz CT molecular complexity index is 1210. The maximum atomic E-state index is 12.9. The van der Waals surface area contributed by atoms with Crippen LogP contribution in [0.2, 0.25) is 0 Å². The van der Waals surface area contributed by atoms with Gasteiger partial charge in [0.25, 0.3) is 10.0 Å². The van der Waals surface area contributed by atoms with Crippen LogP contribution in [-0.2, 0) is 19.1 Å². The van der Waals surface area contributed by atoms with Gasteiger partial charge in [-0.3, -0.25) is 9.09 Å². The second-order valence-corrected chi connectivity index (χ2v) is 9.67. The zero-order valence-corrected chi connectivity index (χ0v) is 17.9. The number of hydrogen-bond donors (Lipinski definition) is 3. The largest absolute Gasteiger partial charge is 0.492 e. The molecule has 2 heterocycles. The third-order valence-electron chi connectivity index (χ3n) is 3.80. The van der Waals surface area contributed by atoms with Crippen LogP contribution < -0.4 is 15.2 Å². The lowest BCUT2D eigenvalue weighted by Crippen LogP contribution is -2.29. The van der Waals surface area contributed by atoms with Gasteiger partial charge in [-0.15, -0.1) is 11.3 Å². The Kier molecular flexibility index (Phi) is 7.17. The molecule has 1 aromatic carbocycles. The Morgan fingerprint density at radius 1 is 1.33 bits per heavy atom. The number of hydrogen-bond acceptors (Lipinski definition) is 9. The van der Waals surface area contributed by atoms with Crippen LogP contribution in [0.3, 0.4) is 0 Å². The molecule has 0 aliphatic rings. The predicted molar refractivity (Wildman–Crippen MR) is 111 cm³/mol. The first kappa shape index (κ1) is 22.3. The molecular weight excluding hydrogens is 451 g/mol. The van der Waals surface area contributed by atoms with Crippen molar-refractivity contribution in [3.05, 3.63) is 53.9 Å². The number of nitrogens with zero attached hydrogens (tertiary/aromatic N) is 2. The van der Waals surface area contributed by atoms with Crippen LogP contribution in [0.5, 0.6) is 5.75 Å². The molecule has 0 bridgehead atoms. The summed E-state index contributed by atoms with van der Waals surface area (Å²) in [7, 11) is -7.58. The van der Waals surface area contributed by atoms with E-state index in [1.165, 1.54) is 24.4 Å². The summed E-state index contributed by atoms with van der Waals surface area (Å²) >= 11 is 1.02. The summed E-state index contributed by atoms with van der Waals surface area (Å²) in [6.07, 6.45) is -0.261. The maximum Gasteiger partial charge on any atom is 0.318 e. The Morgan fingerprint density at radius 2 is 2.13 bits per heavy atom. The third kappa shape index (κ3) is 5.41. The lowest BCUT2D eigenvalue weighted by atomic mass is 10.2. The molecule has 0 radical (unpaired) electrons. The van der Waals surface area contributed by atoms with Gasteiger partial charge in [0.15, 0.2) is 6.23 Å². The number of nitriles is 1. The van der Waals surface area contributed by atoms with Crippen molar-refractivity contribution in [3.63, 3.8) is 0 Å². The Balaban J connectivity index is 1.89. The molecule has 0 saturated carbocycles. The predicted octanol–water partition coefficient (Wildman–Crippen LogP) is 1.88. The average molecular weight is 468 g/mol. The zero-order chi connectivity index (χ0) is 21.7. The molecule has 2 unspecified atom stereocenters. The van der Waals surface area contributed by atoms with E-state index in [4.69, 9.17) is 25.1 Å². The zero-order valence-electron chi connectivity index (χ0n) is 15.3. The highest BCUT2D eigenvalue weighted by Crippen LogP contribution is 2.34. The van der Waals surface area contributed by atoms with Crippen molar-refractivity contribution >= 4 is 39.7 Å². The second kappa shape index (κ2) is 9.63. The van der Waals surface area contributed by atoms with E-state index in [1.54, 1.807) is 18.2 Å². The summed E-state index contributed by atoms with van der Waals surface area (Å²) in [5, 5.41) is 9.49. The maximum absolute atomic E-state index is 12.9. The van der Waals surface area contributed by atoms with E-state index in [0.717, 1.165) is 11.3 Å². The molecule has 3 aromatic rings. The molecular formula is C17H17N4O6PS2. The highest BCUT2D eigenvalue weighted by atomic mass is 32.2. The number of nitrogens with one attached hydrogen (secondary N) is 1. The smallest absolute Gasteiger partial charge is 0.318 e. The molecule has 10 nitrogen and oxygen atoms in total. The van der Waals surface area contributed by atoms with Gasteiger partial charge >= 0.3 is 8.25 Å². The van der Waals surface area contributed by atoms with E-state index in [1.807, 2.05) is 6.07 Å². The number of benzene rings is 1. The van der Waals surface area contributed by atoms with Gasteiger partial charge in [-0.25, -0.2) is 13.4 Å². The lowest BCUT2D eigenvalue weighted by molar-refractivity contribution is 0.181. The molecule has 2 aromatic heterocycles. The molecule has 13 heteroatoms. The van der Waals surface area contributed by atoms with Crippen LogP contribution in [0.25, 0.3) is 10.1 Å². The summed E-state index contributed by atoms with van der Waals surface area (Å²) in [4.78, 5) is 13.0. The highest BCUT2D eigenvalue weighted by Gasteiger charge is 2.25. The SMILES string of the molecule is N#Cc1ccc(C(NS(=O)(=O)c2cc3cc(OCCN)ccc3s2)O[PH](=O)O)cn1. The number of ether oxygens (including phenoxy) is 1. The van der Waals surface area contributed by atoms with Gasteiger partial charge < -0.3 is 15.4 Å². The van der Waals surface area contributed by atoms with Crippen LogP contribution in [-0.4, -0.2) is 31.4 Å². The Morgan fingerprint density at radius 3 is 2.77 bits per heavy atom. The summed E-state index contributed by atoms with van der Waals surface area (Å²) in [5.41, 5.74) is 5.69. The molecule has 0 amide bonds. The monoisotopic (exact) mass is 468 g/mol. The van der Waals surface area contributed by atoms with Crippen molar-refractivity contribution in [2.75, 3.05) is 13.2 Å². The molecule has 158 valence electrons. The van der Waals surface area contributed by atoms with E-state index < -0.39 is 24.5 Å². The number of sulfonamides is 1. The van der Waals surface area contributed by atoms with E-state index in [9.17, 15) is 13.0 Å². The molecule has 0 aliphatic heterocycles. The van der Waals surface area contributed by atoms with Crippen LogP contribution in [0.15, 0.2) is 46.8 Å². The summed E-state index contributed by atoms with van der Waals surface area (Å²) in [6, 6.07) is 11.2.